The van der Waals surface area contributed by atoms with E-state index in [9.17, 15) is 14.0 Å². The van der Waals surface area contributed by atoms with Crippen LogP contribution in [0.15, 0.2) is 39.9 Å². The van der Waals surface area contributed by atoms with Crippen molar-refractivity contribution in [2.45, 2.75) is 26.2 Å². The Morgan fingerprint density at radius 3 is 2.81 bits per heavy atom. The molecular formula is C19H16BrFN2O3. The number of hydrogen-bond acceptors (Lipinski definition) is 5. The van der Waals surface area contributed by atoms with Crippen LogP contribution in [0, 0.1) is 5.82 Å². The summed E-state index contributed by atoms with van der Waals surface area (Å²) in [5.41, 5.74) is 2.59. The van der Waals surface area contributed by atoms with Crippen molar-refractivity contribution in [2.75, 3.05) is 6.61 Å². The molecule has 0 unspecified atom stereocenters. The van der Waals surface area contributed by atoms with Gasteiger partial charge in [0.05, 0.1) is 17.5 Å². The number of ketones is 1. The van der Waals surface area contributed by atoms with Crippen LogP contribution in [0.25, 0.3) is 0 Å². The number of rotatable bonds is 6. The number of halogens is 2. The third-order valence-corrected chi connectivity index (χ3v) is 4.59. The van der Waals surface area contributed by atoms with Gasteiger partial charge in [0.15, 0.2) is 11.6 Å². The van der Waals surface area contributed by atoms with E-state index in [0.29, 0.717) is 40.2 Å². The number of benzene rings is 1. The Labute approximate surface area is 158 Å². The molecule has 3 rings (SSSR count). The highest BCUT2D eigenvalue weighted by Gasteiger charge is 2.24. The van der Waals surface area contributed by atoms with Crippen LogP contribution in [0.1, 0.15) is 34.8 Å². The predicted molar refractivity (Wildman–Crippen MR) is 98.4 cm³/mol. The molecule has 2 aromatic rings. The number of aliphatic imine (C=N–C) groups is 1. The number of nitrogens with zero attached hydrogens (tertiary/aromatic N) is 2. The number of pyridine rings is 1. The maximum atomic E-state index is 13.3. The fourth-order valence-electron chi connectivity index (χ4n) is 2.82. The second-order valence-corrected chi connectivity index (χ2v) is 6.70. The lowest BCUT2D eigenvalue weighted by Gasteiger charge is -2.07. The molecule has 0 radical (unpaired) electrons. The topological polar surface area (TPSA) is 68.6 Å². The molecule has 0 saturated heterocycles. The Kier molecular flexibility index (Phi) is 5.56. The van der Waals surface area contributed by atoms with Gasteiger partial charge in [0, 0.05) is 35.9 Å². The number of ether oxygens (including phenoxy) is 1. The molecule has 1 aromatic carbocycles. The predicted octanol–water partition coefficient (Wildman–Crippen LogP) is 3.99. The molecule has 7 heteroatoms. The number of esters is 1. The molecule has 26 heavy (non-hydrogen) atoms. The molecule has 1 aliphatic rings. The fraction of sp³-hybridized carbons (Fsp3) is 0.263. The molecule has 0 spiro atoms. The molecule has 0 bridgehead atoms. The Morgan fingerprint density at radius 1 is 1.27 bits per heavy atom. The first-order chi connectivity index (χ1) is 12.5. The van der Waals surface area contributed by atoms with Crippen LogP contribution < -0.4 is 0 Å². The summed E-state index contributed by atoms with van der Waals surface area (Å²) in [5.74, 6) is -0.351. The number of aromatic nitrogens is 1. The number of hydrogen-bond donors (Lipinski definition) is 0. The van der Waals surface area contributed by atoms with E-state index in [1.807, 2.05) is 0 Å². The van der Waals surface area contributed by atoms with Crippen molar-refractivity contribution in [1.29, 1.82) is 0 Å². The first kappa shape index (κ1) is 18.4. The molecule has 0 saturated carbocycles. The zero-order valence-corrected chi connectivity index (χ0v) is 15.7. The average Bonchev–Trinajstić information content (AvgIpc) is 3.00. The summed E-state index contributed by atoms with van der Waals surface area (Å²) in [6.07, 6.45) is 2.16. The Hall–Kier alpha value is -2.41. The van der Waals surface area contributed by atoms with Crippen molar-refractivity contribution in [3.05, 3.63) is 57.4 Å². The van der Waals surface area contributed by atoms with E-state index in [1.54, 1.807) is 25.1 Å². The van der Waals surface area contributed by atoms with Gasteiger partial charge < -0.3 is 4.74 Å². The second-order valence-electron chi connectivity index (χ2n) is 5.85. The summed E-state index contributed by atoms with van der Waals surface area (Å²) >= 11 is 3.13. The van der Waals surface area contributed by atoms with Crippen molar-refractivity contribution in [2.24, 2.45) is 4.99 Å². The van der Waals surface area contributed by atoms with Gasteiger partial charge in [-0.15, -0.1) is 0 Å². The lowest BCUT2D eigenvalue weighted by Crippen LogP contribution is -2.12. The summed E-state index contributed by atoms with van der Waals surface area (Å²) in [6, 6.07) is 6.16. The zero-order chi connectivity index (χ0) is 18.7. The first-order valence-corrected chi connectivity index (χ1v) is 8.94. The van der Waals surface area contributed by atoms with Crippen molar-refractivity contribution < 1.29 is 18.7 Å². The minimum Gasteiger partial charge on any atom is -0.466 e. The molecule has 0 aliphatic carbocycles. The van der Waals surface area contributed by atoms with Crippen LogP contribution in [0.5, 0.6) is 0 Å². The Morgan fingerprint density at radius 2 is 2.08 bits per heavy atom. The maximum absolute atomic E-state index is 13.3. The summed E-state index contributed by atoms with van der Waals surface area (Å²) in [5, 5.41) is 0. The first-order valence-electron chi connectivity index (χ1n) is 8.15. The van der Waals surface area contributed by atoms with E-state index in [2.05, 4.69) is 25.9 Å². The Bertz CT molecular complexity index is 912. The van der Waals surface area contributed by atoms with Crippen LogP contribution >= 0.6 is 15.9 Å². The smallest absolute Gasteiger partial charge is 0.311 e. The third kappa shape index (κ3) is 4.04. The zero-order valence-electron chi connectivity index (χ0n) is 14.1. The SMILES string of the molecule is CCOC(=O)CC1=Nc2nccc(C(=O)Cc3ccc(F)c(Br)c3)c2C1. The maximum Gasteiger partial charge on any atom is 0.311 e. The van der Waals surface area contributed by atoms with Crippen molar-refractivity contribution >= 4 is 39.2 Å². The van der Waals surface area contributed by atoms with Gasteiger partial charge >= 0.3 is 5.97 Å². The van der Waals surface area contributed by atoms with Crippen LogP contribution in [0.3, 0.4) is 0 Å². The molecular weight excluding hydrogens is 403 g/mol. The Balaban J connectivity index is 1.76. The molecule has 5 nitrogen and oxygen atoms in total. The normalized spacial score (nSPS) is 12.5. The van der Waals surface area contributed by atoms with Crippen LogP contribution in [-0.4, -0.2) is 29.1 Å². The summed E-state index contributed by atoms with van der Waals surface area (Å²) in [4.78, 5) is 32.9. The number of Topliss-reactive ketones (excluding diaryl/α,β-unsaturated/α-hetero) is 1. The number of carbonyl (C=O) groups is 2. The molecule has 2 heterocycles. The van der Waals surface area contributed by atoms with Crippen molar-refractivity contribution in [3.8, 4) is 0 Å². The second kappa shape index (κ2) is 7.86. The molecule has 0 atom stereocenters. The quantitative estimate of drug-likeness (QED) is 0.525. The van der Waals surface area contributed by atoms with Crippen LogP contribution in [-0.2, 0) is 22.4 Å². The largest absolute Gasteiger partial charge is 0.466 e. The van der Waals surface area contributed by atoms with E-state index >= 15 is 0 Å². The van der Waals surface area contributed by atoms with Crippen molar-refractivity contribution in [1.82, 2.24) is 4.98 Å². The number of carbonyl (C=O) groups excluding carboxylic acids is 2. The van der Waals surface area contributed by atoms with Gasteiger partial charge in [-0.1, -0.05) is 6.07 Å². The third-order valence-electron chi connectivity index (χ3n) is 3.98. The highest BCUT2D eigenvalue weighted by Crippen LogP contribution is 2.29. The minimum atomic E-state index is -0.372. The molecule has 134 valence electrons. The fourth-order valence-corrected chi connectivity index (χ4v) is 3.24. The molecule has 1 aromatic heterocycles. The summed E-state index contributed by atoms with van der Waals surface area (Å²) < 4.78 is 18.6. The van der Waals surface area contributed by atoms with Gasteiger partial charge in [-0.2, -0.15) is 0 Å². The summed E-state index contributed by atoms with van der Waals surface area (Å²) in [7, 11) is 0. The molecule has 0 amide bonds. The van der Waals surface area contributed by atoms with E-state index in [0.717, 1.165) is 5.56 Å². The van der Waals surface area contributed by atoms with Gasteiger partial charge in [-0.3, -0.25) is 9.59 Å². The minimum absolute atomic E-state index is 0.0861. The average molecular weight is 419 g/mol. The highest BCUT2D eigenvalue weighted by molar-refractivity contribution is 9.10. The van der Waals surface area contributed by atoms with E-state index in [-0.39, 0.29) is 30.4 Å². The van der Waals surface area contributed by atoms with Crippen molar-refractivity contribution in [3.63, 3.8) is 0 Å². The monoisotopic (exact) mass is 418 g/mol. The molecule has 0 fully saturated rings. The van der Waals surface area contributed by atoms with Gasteiger partial charge in [0.25, 0.3) is 0 Å². The van der Waals surface area contributed by atoms with Gasteiger partial charge in [0.2, 0.25) is 0 Å². The summed E-state index contributed by atoms with van der Waals surface area (Å²) in [6.45, 7) is 2.06. The lowest BCUT2D eigenvalue weighted by molar-refractivity contribution is -0.141. The molecule has 0 N–H and O–H groups in total. The standard InChI is InChI=1S/C19H16BrFN2O3/c1-2-26-18(25)10-12-9-14-13(5-6-22-19(14)23-12)17(24)8-11-3-4-16(21)15(20)7-11/h3-7H,2,8-10H2,1H3. The van der Waals surface area contributed by atoms with Crippen LogP contribution in [0.4, 0.5) is 10.2 Å². The van der Waals surface area contributed by atoms with Gasteiger partial charge in [0.1, 0.15) is 5.82 Å². The van der Waals surface area contributed by atoms with E-state index in [1.165, 1.54) is 12.3 Å². The van der Waals surface area contributed by atoms with Gasteiger partial charge in [-0.05, 0) is 46.6 Å². The van der Waals surface area contributed by atoms with Crippen LogP contribution in [0.2, 0.25) is 0 Å². The van der Waals surface area contributed by atoms with Gasteiger partial charge in [-0.25, -0.2) is 14.4 Å². The van der Waals surface area contributed by atoms with E-state index in [4.69, 9.17) is 4.74 Å². The lowest BCUT2D eigenvalue weighted by atomic mass is 9.97. The number of fused-ring (bicyclic) bond motifs is 1. The highest BCUT2D eigenvalue weighted by atomic mass is 79.9. The van der Waals surface area contributed by atoms with E-state index < -0.39 is 0 Å². The molecule has 1 aliphatic heterocycles.